The van der Waals surface area contributed by atoms with Crippen LogP contribution in [0, 0.1) is 13.8 Å². The molecule has 7 nitrogen and oxygen atoms in total. The molecule has 2 heterocycles. The van der Waals surface area contributed by atoms with Gasteiger partial charge in [-0.3, -0.25) is 4.79 Å². The van der Waals surface area contributed by atoms with Crippen molar-refractivity contribution in [3.8, 4) is 5.82 Å². The first-order valence-corrected chi connectivity index (χ1v) is 8.79. The number of aryl methyl sites for hydroxylation is 2. The second-order valence-electron chi connectivity index (χ2n) is 6.36. The predicted octanol–water partition coefficient (Wildman–Crippen LogP) is 3.14. The third kappa shape index (κ3) is 5.09. The molecule has 10 heteroatoms. The van der Waals surface area contributed by atoms with Crippen molar-refractivity contribution in [2.24, 2.45) is 0 Å². The summed E-state index contributed by atoms with van der Waals surface area (Å²) >= 11 is 0. The van der Waals surface area contributed by atoms with Crippen LogP contribution in [0.25, 0.3) is 5.82 Å². The van der Waals surface area contributed by atoms with E-state index in [1.54, 1.807) is 10.7 Å². The van der Waals surface area contributed by atoms with Crippen LogP contribution in [0.2, 0.25) is 0 Å². The van der Waals surface area contributed by atoms with Crippen LogP contribution in [-0.2, 0) is 6.18 Å². The zero-order valence-corrected chi connectivity index (χ0v) is 15.8. The van der Waals surface area contributed by atoms with Crippen LogP contribution < -0.4 is 10.6 Å². The van der Waals surface area contributed by atoms with Gasteiger partial charge in [0.05, 0.1) is 11.3 Å². The fourth-order valence-electron chi connectivity index (χ4n) is 2.70. The van der Waals surface area contributed by atoms with Crippen LogP contribution in [0.15, 0.2) is 42.7 Å². The van der Waals surface area contributed by atoms with Gasteiger partial charge in [0.25, 0.3) is 5.91 Å². The average Bonchev–Trinajstić information content (AvgIpc) is 3.03. The number of aromatic nitrogens is 4. The van der Waals surface area contributed by atoms with Gasteiger partial charge in [-0.1, -0.05) is 0 Å². The Kier molecular flexibility index (Phi) is 5.81. The summed E-state index contributed by atoms with van der Waals surface area (Å²) < 4.78 is 39.4. The number of halogens is 3. The Balaban J connectivity index is 1.52. The molecule has 152 valence electrons. The highest BCUT2D eigenvalue weighted by Crippen LogP contribution is 2.29. The van der Waals surface area contributed by atoms with E-state index in [1.807, 2.05) is 19.9 Å². The summed E-state index contributed by atoms with van der Waals surface area (Å²) in [6.45, 7) is 4.45. The van der Waals surface area contributed by atoms with E-state index in [0.717, 1.165) is 35.7 Å². The van der Waals surface area contributed by atoms with Crippen LogP contribution in [0.1, 0.15) is 27.3 Å². The average molecular weight is 404 g/mol. The maximum absolute atomic E-state index is 12.6. The lowest BCUT2D eigenvalue weighted by Gasteiger charge is -2.10. The number of carbonyl (C=O) groups excluding carboxylic acids is 1. The molecule has 2 N–H and O–H groups in total. The fraction of sp³-hybridized carbons (Fsp3) is 0.263. The minimum atomic E-state index is -4.43. The number of anilines is 1. The molecule has 0 saturated carbocycles. The van der Waals surface area contributed by atoms with Crippen molar-refractivity contribution in [1.29, 1.82) is 0 Å². The van der Waals surface area contributed by atoms with E-state index in [9.17, 15) is 18.0 Å². The van der Waals surface area contributed by atoms with E-state index in [4.69, 9.17) is 0 Å². The van der Waals surface area contributed by atoms with Gasteiger partial charge in [-0.25, -0.2) is 14.6 Å². The second kappa shape index (κ2) is 8.29. The summed E-state index contributed by atoms with van der Waals surface area (Å²) in [5, 5.41) is 10.1. The first-order chi connectivity index (χ1) is 13.7. The molecule has 0 aliphatic rings. The molecule has 0 fully saturated rings. The number of carbonyl (C=O) groups is 1. The Morgan fingerprint density at radius 1 is 1.07 bits per heavy atom. The number of nitrogens with zero attached hydrogens (tertiary/aromatic N) is 4. The van der Waals surface area contributed by atoms with Crippen molar-refractivity contribution in [2.75, 3.05) is 18.4 Å². The van der Waals surface area contributed by atoms with Crippen LogP contribution in [0.3, 0.4) is 0 Å². The van der Waals surface area contributed by atoms with E-state index in [1.165, 1.54) is 6.33 Å². The van der Waals surface area contributed by atoms with Gasteiger partial charge in [-0.2, -0.15) is 18.3 Å². The number of alkyl halides is 3. The van der Waals surface area contributed by atoms with Crippen LogP contribution in [-0.4, -0.2) is 38.7 Å². The SMILES string of the molecule is Cc1cc(C)n(-c2cc(NCCNC(=O)c3ccc(C(F)(F)F)cc3)ncn2)n1. The van der Waals surface area contributed by atoms with E-state index < -0.39 is 17.6 Å². The van der Waals surface area contributed by atoms with E-state index in [2.05, 4.69) is 25.7 Å². The normalized spacial score (nSPS) is 11.3. The molecular formula is C19H19F3N6O. The number of amides is 1. The van der Waals surface area contributed by atoms with Gasteiger partial charge < -0.3 is 10.6 Å². The Labute approximate surface area is 165 Å². The third-order valence-electron chi connectivity index (χ3n) is 4.07. The van der Waals surface area contributed by atoms with Crippen molar-refractivity contribution >= 4 is 11.7 Å². The standard InChI is InChI=1S/C19H19F3N6O/c1-12-9-13(2)28(27-12)17-10-16(25-11-26-17)23-7-8-24-18(29)14-3-5-15(6-4-14)19(20,21)22/h3-6,9-11H,7-8H2,1-2H3,(H,24,29)(H,23,25,26). The monoisotopic (exact) mass is 404 g/mol. The lowest BCUT2D eigenvalue weighted by Crippen LogP contribution is -2.29. The lowest BCUT2D eigenvalue weighted by atomic mass is 10.1. The van der Waals surface area contributed by atoms with E-state index >= 15 is 0 Å². The van der Waals surface area contributed by atoms with Gasteiger partial charge in [0.1, 0.15) is 12.1 Å². The van der Waals surface area contributed by atoms with Gasteiger partial charge in [-0.15, -0.1) is 0 Å². The van der Waals surface area contributed by atoms with Crippen molar-refractivity contribution in [3.05, 3.63) is 65.2 Å². The zero-order chi connectivity index (χ0) is 21.0. The van der Waals surface area contributed by atoms with E-state index in [-0.39, 0.29) is 12.1 Å². The molecule has 0 saturated heterocycles. The van der Waals surface area contributed by atoms with Crippen molar-refractivity contribution < 1.29 is 18.0 Å². The quantitative estimate of drug-likeness (QED) is 0.617. The third-order valence-corrected chi connectivity index (χ3v) is 4.07. The highest BCUT2D eigenvalue weighted by Gasteiger charge is 2.30. The Morgan fingerprint density at radius 3 is 2.41 bits per heavy atom. The summed E-state index contributed by atoms with van der Waals surface area (Å²) in [6.07, 6.45) is -3.02. The van der Waals surface area contributed by atoms with E-state index in [0.29, 0.717) is 18.2 Å². The predicted molar refractivity (Wildman–Crippen MR) is 101 cm³/mol. The summed E-state index contributed by atoms with van der Waals surface area (Å²) in [5.41, 5.74) is 1.18. The first-order valence-electron chi connectivity index (χ1n) is 8.79. The topological polar surface area (TPSA) is 84.7 Å². The molecule has 0 radical (unpaired) electrons. The molecule has 3 aromatic rings. The lowest BCUT2D eigenvalue weighted by molar-refractivity contribution is -0.137. The number of benzene rings is 1. The molecule has 0 atom stereocenters. The number of nitrogens with one attached hydrogen (secondary N) is 2. The largest absolute Gasteiger partial charge is 0.416 e. The first kappa shape index (κ1) is 20.3. The molecule has 3 rings (SSSR count). The van der Waals surface area contributed by atoms with Gasteiger partial charge in [0.15, 0.2) is 5.82 Å². The molecular weight excluding hydrogens is 385 g/mol. The summed E-state index contributed by atoms with van der Waals surface area (Å²) in [5.74, 6) is 0.722. The van der Waals surface area contributed by atoms with Crippen LogP contribution in [0.5, 0.6) is 0 Å². The van der Waals surface area contributed by atoms with Crippen molar-refractivity contribution in [3.63, 3.8) is 0 Å². The fourth-order valence-corrected chi connectivity index (χ4v) is 2.70. The molecule has 29 heavy (non-hydrogen) atoms. The summed E-state index contributed by atoms with van der Waals surface area (Å²) in [6, 6.07) is 7.74. The van der Waals surface area contributed by atoms with Gasteiger partial charge in [0.2, 0.25) is 0 Å². The highest BCUT2D eigenvalue weighted by atomic mass is 19.4. The molecule has 0 aliphatic carbocycles. The molecule has 2 aromatic heterocycles. The summed E-state index contributed by atoms with van der Waals surface area (Å²) in [7, 11) is 0. The second-order valence-corrected chi connectivity index (χ2v) is 6.36. The Bertz CT molecular complexity index is 998. The Morgan fingerprint density at radius 2 is 1.79 bits per heavy atom. The summed E-state index contributed by atoms with van der Waals surface area (Å²) in [4.78, 5) is 20.4. The molecule has 1 aromatic carbocycles. The smallest absolute Gasteiger partial charge is 0.368 e. The number of hydrogen-bond acceptors (Lipinski definition) is 5. The molecule has 1 amide bonds. The number of hydrogen-bond donors (Lipinski definition) is 2. The maximum atomic E-state index is 12.6. The number of rotatable bonds is 6. The Hall–Kier alpha value is -3.43. The molecule has 0 aliphatic heterocycles. The zero-order valence-electron chi connectivity index (χ0n) is 15.8. The molecule has 0 spiro atoms. The maximum Gasteiger partial charge on any atom is 0.416 e. The van der Waals surface area contributed by atoms with Crippen molar-refractivity contribution in [2.45, 2.75) is 20.0 Å². The van der Waals surface area contributed by atoms with Crippen molar-refractivity contribution in [1.82, 2.24) is 25.1 Å². The minimum absolute atomic E-state index is 0.159. The molecule has 0 unspecified atom stereocenters. The van der Waals surface area contributed by atoms with Gasteiger partial charge in [-0.05, 0) is 44.2 Å². The highest BCUT2D eigenvalue weighted by molar-refractivity contribution is 5.94. The molecule has 0 bridgehead atoms. The van der Waals surface area contributed by atoms with Crippen LogP contribution >= 0.6 is 0 Å². The minimum Gasteiger partial charge on any atom is -0.368 e. The van der Waals surface area contributed by atoms with Gasteiger partial charge >= 0.3 is 6.18 Å². The van der Waals surface area contributed by atoms with Gasteiger partial charge in [0, 0.05) is 30.4 Å². The van der Waals surface area contributed by atoms with Crippen LogP contribution in [0.4, 0.5) is 19.0 Å².